The molecule has 16 heavy (non-hydrogen) atoms. The molecule has 0 atom stereocenters. The molecule has 1 aromatic heterocycles. The summed E-state index contributed by atoms with van der Waals surface area (Å²) in [6, 6.07) is 5.60. The van der Waals surface area contributed by atoms with E-state index in [2.05, 4.69) is 10.2 Å². The van der Waals surface area contributed by atoms with Gasteiger partial charge in [-0.3, -0.25) is 15.0 Å². The van der Waals surface area contributed by atoms with E-state index in [9.17, 15) is 14.0 Å². The number of aromatic amines is 2. The highest BCUT2D eigenvalue weighted by molar-refractivity contribution is 5.94. The van der Waals surface area contributed by atoms with E-state index in [0.717, 1.165) is 0 Å². The number of carboxylic acid groups (broad SMARTS) is 1. The van der Waals surface area contributed by atoms with E-state index in [0.29, 0.717) is 0 Å². The molecule has 0 amide bonds. The molecule has 0 radical (unpaired) electrons. The largest absolute Gasteiger partial charge is 0.477 e. The van der Waals surface area contributed by atoms with Crippen LogP contribution < -0.4 is 5.56 Å². The zero-order chi connectivity index (χ0) is 11.7. The van der Waals surface area contributed by atoms with Gasteiger partial charge in [-0.25, -0.2) is 9.18 Å². The van der Waals surface area contributed by atoms with Gasteiger partial charge in [0, 0.05) is 5.56 Å². The highest BCUT2D eigenvalue weighted by atomic mass is 19.1. The SMILES string of the molecule is O=C(O)c1c(-c2ccccc2F)[nH][nH]c1=O. The van der Waals surface area contributed by atoms with Gasteiger partial charge >= 0.3 is 5.97 Å². The molecule has 0 aliphatic rings. The van der Waals surface area contributed by atoms with E-state index in [-0.39, 0.29) is 11.3 Å². The molecule has 0 saturated carbocycles. The maximum Gasteiger partial charge on any atom is 0.343 e. The Kier molecular flexibility index (Phi) is 2.32. The van der Waals surface area contributed by atoms with Gasteiger partial charge in [0.1, 0.15) is 5.82 Å². The topological polar surface area (TPSA) is 85.9 Å². The van der Waals surface area contributed by atoms with Crippen LogP contribution in [0.25, 0.3) is 11.3 Å². The molecule has 6 heteroatoms. The first-order valence-corrected chi connectivity index (χ1v) is 4.40. The minimum Gasteiger partial charge on any atom is -0.477 e. The van der Waals surface area contributed by atoms with Crippen molar-refractivity contribution in [2.45, 2.75) is 0 Å². The fourth-order valence-electron chi connectivity index (χ4n) is 1.43. The Morgan fingerprint density at radius 2 is 1.94 bits per heavy atom. The second-order valence-electron chi connectivity index (χ2n) is 3.11. The van der Waals surface area contributed by atoms with E-state index in [1.54, 1.807) is 6.07 Å². The average Bonchev–Trinajstić information content (AvgIpc) is 2.61. The van der Waals surface area contributed by atoms with Gasteiger partial charge in [-0.2, -0.15) is 0 Å². The smallest absolute Gasteiger partial charge is 0.343 e. The van der Waals surface area contributed by atoms with Gasteiger partial charge in [0.05, 0.1) is 5.69 Å². The van der Waals surface area contributed by atoms with Crippen LogP contribution in [-0.4, -0.2) is 21.3 Å². The van der Waals surface area contributed by atoms with E-state index in [1.807, 2.05) is 0 Å². The number of H-pyrrole nitrogens is 2. The fraction of sp³-hybridized carbons (Fsp3) is 0. The van der Waals surface area contributed by atoms with Gasteiger partial charge in [0.2, 0.25) is 0 Å². The molecule has 2 rings (SSSR count). The van der Waals surface area contributed by atoms with Gasteiger partial charge in [-0.05, 0) is 12.1 Å². The summed E-state index contributed by atoms with van der Waals surface area (Å²) in [6.07, 6.45) is 0. The summed E-state index contributed by atoms with van der Waals surface area (Å²) >= 11 is 0. The predicted octanol–water partition coefficient (Wildman–Crippen LogP) is 1.21. The number of aromatic nitrogens is 2. The van der Waals surface area contributed by atoms with E-state index in [1.165, 1.54) is 18.2 Å². The lowest BCUT2D eigenvalue weighted by Crippen LogP contribution is -2.12. The lowest BCUT2D eigenvalue weighted by atomic mass is 10.1. The van der Waals surface area contributed by atoms with Crippen molar-refractivity contribution in [1.29, 1.82) is 0 Å². The number of nitrogens with one attached hydrogen (secondary N) is 2. The van der Waals surface area contributed by atoms with E-state index >= 15 is 0 Å². The summed E-state index contributed by atoms with van der Waals surface area (Å²) in [5.41, 5.74) is -1.30. The lowest BCUT2D eigenvalue weighted by molar-refractivity contribution is 0.0696. The first kappa shape index (κ1) is 10.2. The molecule has 1 heterocycles. The third-order valence-electron chi connectivity index (χ3n) is 2.14. The molecule has 0 bridgehead atoms. The number of rotatable bonds is 2. The molecule has 5 nitrogen and oxygen atoms in total. The van der Waals surface area contributed by atoms with Crippen molar-refractivity contribution in [2.24, 2.45) is 0 Å². The molecule has 1 aromatic carbocycles. The van der Waals surface area contributed by atoms with Gasteiger partial charge < -0.3 is 5.11 Å². The van der Waals surface area contributed by atoms with Crippen LogP contribution in [0, 0.1) is 5.82 Å². The Hall–Kier alpha value is -2.37. The molecule has 0 aliphatic heterocycles. The zero-order valence-corrected chi connectivity index (χ0v) is 7.95. The Balaban J connectivity index is 2.71. The van der Waals surface area contributed by atoms with Crippen LogP contribution in [0.5, 0.6) is 0 Å². The minimum absolute atomic E-state index is 0.0400. The number of aromatic carboxylic acids is 1. The highest BCUT2D eigenvalue weighted by Crippen LogP contribution is 2.21. The number of benzene rings is 1. The van der Waals surface area contributed by atoms with Gasteiger partial charge in [-0.15, -0.1) is 0 Å². The Labute approximate surface area is 88.5 Å². The quantitative estimate of drug-likeness (QED) is 0.713. The third-order valence-corrected chi connectivity index (χ3v) is 2.14. The van der Waals surface area contributed by atoms with Crippen molar-refractivity contribution >= 4 is 5.97 Å². The zero-order valence-electron chi connectivity index (χ0n) is 7.95. The number of hydrogen-bond donors (Lipinski definition) is 3. The Bertz CT molecular complexity index is 600. The van der Waals surface area contributed by atoms with Crippen LogP contribution in [0.2, 0.25) is 0 Å². The second kappa shape index (κ2) is 3.65. The maximum atomic E-state index is 13.4. The maximum absolute atomic E-state index is 13.4. The molecular weight excluding hydrogens is 215 g/mol. The predicted molar refractivity (Wildman–Crippen MR) is 53.8 cm³/mol. The van der Waals surface area contributed by atoms with Gasteiger partial charge in [0.15, 0.2) is 5.56 Å². The van der Waals surface area contributed by atoms with E-state index in [4.69, 9.17) is 5.11 Å². The summed E-state index contributed by atoms with van der Waals surface area (Å²) in [6.45, 7) is 0. The minimum atomic E-state index is -1.40. The molecule has 0 unspecified atom stereocenters. The summed E-state index contributed by atoms with van der Waals surface area (Å²) < 4.78 is 13.4. The van der Waals surface area contributed by atoms with Crippen LogP contribution in [0.4, 0.5) is 4.39 Å². The molecule has 2 aromatic rings. The summed E-state index contributed by atoms with van der Waals surface area (Å²) in [5, 5.41) is 13.3. The number of carboxylic acids is 1. The standard InChI is InChI=1S/C10H7FN2O3/c11-6-4-2-1-3-5(6)8-7(10(15)16)9(14)13-12-8/h1-4H,(H,15,16)(H2,12,13,14). The number of halogens is 1. The molecule has 0 spiro atoms. The van der Waals surface area contributed by atoms with Crippen LogP contribution >= 0.6 is 0 Å². The molecule has 0 saturated heterocycles. The van der Waals surface area contributed by atoms with Crippen LogP contribution in [-0.2, 0) is 0 Å². The molecule has 82 valence electrons. The summed E-state index contributed by atoms with van der Waals surface area (Å²) in [5.74, 6) is -2.00. The van der Waals surface area contributed by atoms with Crippen molar-refractivity contribution in [3.05, 3.63) is 46.0 Å². The van der Waals surface area contributed by atoms with Crippen LogP contribution in [0.3, 0.4) is 0 Å². The van der Waals surface area contributed by atoms with Crippen molar-refractivity contribution in [1.82, 2.24) is 10.2 Å². The van der Waals surface area contributed by atoms with E-state index < -0.39 is 22.9 Å². The van der Waals surface area contributed by atoms with Crippen molar-refractivity contribution < 1.29 is 14.3 Å². The Morgan fingerprint density at radius 3 is 2.56 bits per heavy atom. The first-order chi connectivity index (χ1) is 7.61. The van der Waals surface area contributed by atoms with Crippen molar-refractivity contribution in [2.75, 3.05) is 0 Å². The molecule has 3 N–H and O–H groups in total. The monoisotopic (exact) mass is 222 g/mol. The van der Waals surface area contributed by atoms with Gasteiger partial charge in [-0.1, -0.05) is 12.1 Å². The molecular formula is C10H7FN2O3. The number of carbonyl (C=O) groups is 1. The fourth-order valence-corrected chi connectivity index (χ4v) is 1.43. The van der Waals surface area contributed by atoms with Gasteiger partial charge in [0.25, 0.3) is 5.56 Å². The summed E-state index contributed by atoms with van der Waals surface area (Å²) in [7, 11) is 0. The van der Waals surface area contributed by atoms with Crippen molar-refractivity contribution in [3.63, 3.8) is 0 Å². The second-order valence-corrected chi connectivity index (χ2v) is 3.11. The summed E-state index contributed by atoms with van der Waals surface area (Å²) in [4.78, 5) is 22.0. The Morgan fingerprint density at radius 1 is 1.25 bits per heavy atom. The van der Waals surface area contributed by atoms with Crippen molar-refractivity contribution in [3.8, 4) is 11.3 Å². The van der Waals surface area contributed by atoms with Crippen LogP contribution in [0.1, 0.15) is 10.4 Å². The van der Waals surface area contributed by atoms with Crippen LogP contribution in [0.15, 0.2) is 29.1 Å². The first-order valence-electron chi connectivity index (χ1n) is 4.40. The third kappa shape index (κ3) is 1.50. The highest BCUT2D eigenvalue weighted by Gasteiger charge is 2.20. The normalized spacial score (nSPS) is 10.3. The average molecular weight is 222 g/mol. The lowest BCUT2D eigenvalue weighted by Gasteiger charge is -2.00. The number of hydrogen-bond acceptors (Lipinski definition) is 2. The molecule has 0 fully saturated rings. The molecule has 0 aliphatic carbocycles.